The van der Waals surface area contributed by atoms with E-state index in [-0.39, 0.29) is 0 Å². The van der Waals surface area contributed by atoms with Gasteiger partial charge in [-0.3, -0.25) is 0 Å². The molecule has 4 heteroatoms. The molecule has 0 fully saturated rings. The van der Waals surface area contributed by atoms with Gasteiger partial charge in [-0.1, -0.05) is 17.7 Å². The Morgan fingerprint density at radius 1 is 1.26 bits per heavy atom. The molecule has 0 aliphatic carbocycles. The molecule has 0 unspecified atom stereocenters. The first-order valence-corrected chi connectivity index (χ1v) is 6.84. The number of nitriles is 1. The van der Waals surface area contributed by atoms with Crippen LogP contribution in [0.15, 0.2) is 40.9 Å². The van der Waals surface area contributed by atoms with Crippen LogP contribution < -0.4 is 4.74 Å². The lowest BCUT2D eigenvalue weighted by molar-refractivity contribution is 0.303. The standard InChI is InChI=1S/C15H11BrClNO/c1-10-6-11(8-18)2-3-12(10)9-19-15-5-4-13(17)7-14(15)16/h2-7H,9H2,1H3. The number of hydrogen-bond donors (Lipinski definition) is 0. The van der Waals surface area contributed by atoms with Gasteiger partial charge in [0.1, 0.15) is 12.4 Å². The molecule has 2 aromatic carbocycles. The third-order valence-electron chi connectivity index (χ3n) is 2.75. The Morgan fingerprint density at radius 3 is 2.68 bits per heavy atom. The highest BCUT2D eigenvalue weighted by atomic mass is 79.9. The highest BCUT2D eigenvalue weighted by Gasteiger charge is 2.04. The minimum absolute atomic E-state index is 0.456. The van der Waals surface area contributed by atoms with Crippen molar-refractivity contribution < 1.29 is 4.74 Å². The van der Waals surface area contributed by atoms with Crippen molar-refractivity contribution in [1.82, 2.24) is 0 Å². The maximum Gasteiger partial charge on any atom is 0.134 e. The van der Waals surface area contributed by atoms with Crippen molar-refractivity contribution in [3.63, 3.8) is 0 Å². The summed E-state index contributed by atoms with van der Waals surface area (Å²) in [4.78, 5) is 0. The van der Waals surface area contributed by atoms with E-state index in [4.69, 9.17) is 21.6 Å². The van der Waals surface area contributed by atoms with Gasteiger partial charge in [0.2, 0.25) is 0 Å². The fraction of sp³-hybridized carbons (Fsp3) is 0.133. The Bertz CT molecular complexity index is 649. The number of aryl methyl sites for hydroxylation is 1. The van der Waals surface area contributed by atoms with Crippen LogP contribution in [0.25, 0.3) is 0 Å². The maximum absolute atomic E-state index is 8.82. The van der Waals surface area contributed by atoms with E-state index in [1.165, 1.54) is 0 Å². The molecule has 0 amide bonds. The smallest absolute Gasteiger partial charge is 0.134 e. The minimum atomic E-state index is 0.456. The zero-order chi connectivity index (χ0) is 13.8. The lowest BCUT2D eigenvalue weighted by Gasteiger charge is -2.10. The SMILES string of the molecule is Cc1cc(C#N)ccc1COc1ccc(Cl)cc1Br. The van der Waals surface area contributed by atoms with Crippen LogP contribution >= 0.6 is 27.5 Å². The van der Waals surface area contributed by atoms with E-state index in [9.17, 15) is 0 Å². The first-order valence-electron chi connectivity index (χ1n) is 5.67. The Balaban J connectivity index is 2.13. The van der Waals surface area contributed by atoms with Gasteiger partial charge < -0.3 is 4.74 Å². The molecule has 0 aliphatic rings. The second-order valence-corrected chi connectivity index (χ2v) is 5.41. The summed E-state index contributed by atoms with van der Waals surface area (Å²) >= 11 is 9.29. The number of nitrogens with zero attached hydrogens (tertiary/aromatic N) is 1. The molecule has 0 aliphatic heterocycles. The van der Waals surface area contributed by atoms with Gasteiger partial charge in [-0.25, -0.2) is 0 Å². The Labute approximate surface area is 125 Å². The van der Waals surface area contributed by atoms with Gasteiger partial charge in [-0.15, -0.1) is 0 Å². The highest BCUT2D eigenvalue weighted by molar-refractivity contribution is 9.10. The summed E-state index contributed by atoms with van der Waals surface area (Å²) in [6, 6.07) is 13.1. The monoisotopic (exact) mass is 335 g/mol. The predicted molar refractivity (Wildman–Crippen MR) is 79.4 cm³/mol. The second kappa shape index (κ2) is 6.10. The van der Waals surface area contributed by atoms with E-state index in [0.29, 0.717) is 17.2 Å². The van der Waals surface area contributed by atoms with E-state index in [0.717, 1.165) is 21.3 Å². The fourth-order valence-electron chi connectivity index (χ4n) is 1.68. The van der Waals surface area contributed by atoms with E-state index >= 15 is 0 Å². The zero-order valence-corrected chi connectivity index (χ0v) is 12.6. The van der Waals surface area contributed by atoms with Crippen molar-refractivity contribution >= 4 is 27.5 Å². The summed E-state index contributed by atoms with van der Waals surface area (Å²) in [7, 11) is 0. The van der Waals surface area contributed by atoms with Crippen molar-refractivity contribution in [3.05, 3.63) is 62.6 Å². The zero-order valence-electron chi connectivity index (χ0n) is 10.3. The highest BCUT2D eigenvalue weighted by Crippen LogP contribution is 2.28. The normalized spacial score (nSPS) is 10.0. The molecule has 0 heterocycles. The number of ether oxygens (including phenoxy) is 1. The van der Waals surface area contributed by atoms with E-state index in [1.54, 1.807) is 18.2 Å². The quantitative estimate of drug-likeness (QED) is 0.801. The van der Waals surface area contributed by atoms with Gasteiger partial charge in [0.15, 0.2) is 0 Å². The average molecular weight is 337 g/mol. The third kappa shape index (κ3) is 3.50. The first-order chi connectivity index (χ1) is 9.10. The first kappa shape index (κ1) is 13.9. The van der Waals surface area contributed by atoms with E-state index < -0.39 is 0 Å². The Morgan fingerprint density at radius 2 is 2.05 bits per heavy atom. The molecule has 0 atom stereocenters. The Kier molecular flexibility index (Phi) is 4.47. The number of benzene rings is 2. The molecule has 19 heavy (non-hydrogen) atoms. The third-order valence-corrected chi connectivity index (χ3v) is 3.60. The van der Waals surface area contributed by atoms with Crippen molar-refractivity contribution in [3.8, 4) is 11.8 Å². The van der Waals surface area contributed by atoms with Crippen LogP contribution in [0.2, 0.25) is 5.02 Å². The van der Waals surface area contributed by atoms with Crippen molar-refractivity contribution in [1.29, 1.82) is 5.26 Å². The van der Waals surface area contributed by atoms with Gasteiger partial charge in [0.25, 0.3) is 0 Å². The number of halogens is 2. The lowest BCUT2D eigenvalue weighted by Crippen LogP contribution is -1.98. The minimum Gasteiger partial charge on any atom is -0.488 e. The largest absolute Gasteiger partial charge is 0.488 e. The van der Waals surface area contributed by atoms with Gasteiger partial charge in [-0.2, -0.15) is 5.26 Å². The topological polar surface area (TPSA) is 33.0 Å². The van der Waals surface area contributed by atoms with Crippen LogP contribution in [-0.2, 0) is 6.61 Å². The molecule has 0 aromatic heterocycles. The molecule has 0 N–H and O–H groups in total. The Hall–Kier alpha value is -1.50. The molecule has 96 valence electrons. The molecule has 0 saturated carbocycles. The van der Waals surface area contributed by atoms with Gasteiger partial charge in [0.05, 0.1) is 16.1 Å². The molecule has 0 saturated heterocycles. The molecule has 0 spiro atoms. The number of rotatable bonds is 3. The molecular formula is C15H11BrClNO. The van der Waals surface area contributed by atoms with Crippen molar-refractivity contribution in [2.45, 2.75) is 13.5 Å². The van der Waals surface area contributed by atoms with E-state index in [1.807, 2.05) is 25.1 Å². The molecule has 0 radical (unpaired) electrons. The average Bonchev–Trinajstić information content (AvgIpc) is 2.39. The van der Waals surface area contributed by atoms with Crippen LogP contribution in [0.1, 0.15) is 16.7 Å². The predicted octanol–water partition coefficient (Wildman–Crippen LogP) is 4.86. The second-order valence-electron chi connectivity index (χ2n) is 4.12. The summed E-state index contributed by atoms with van der Waals surface area (Å²) in [5.74, 6) is 0.744. The van der Waals surface area contributed by atoms with Crippen molar-refractivity contribution in [2.75, 3.05) is 0 Å². The molecule has 0 bridgehead atoms. The molecular weight excluding hydrogens is 326 g/mol. The van der Waals surface area contributed by atoms with Gasteiger partial charge >= 0.3 is 0 Å². The molecule has 2 aromatic rings. The molecule has 2 nitrogen and oxygen atoms in total. The lowest BCUT2D eigenvalue weighted by atomic mass is 10.1. The summed E-state index contributed by atoms with van der Waals surface area (Å²) in [6.07, 6.45) is 0. The van der Waals surface area contributed by atoms with Crippen LogP contribution in [-0.4, -0.2) is 0 Å². The van der Waals surface area contributed by atoms with Crippen LogP contribution in [0, 0.1) is 18.3 Å². The summed E-state index contributed by atoms with van der Waals surface area (Å²) in [5, 5.41) is 9.48. The van der Waals surface area contributed by atoms with Gasteiger partial charge in [0, 0.05) is 5.02 Å². The van der Waals surface area contributed by atoms with Gasteiger partial charge in [-0.05, 0) is 64.3 Å². The fourth-order valence-corrected chi connectivity index (χ4v) is 2.47. The summed E-state index contributed by atoms with van der Waals surface area (Å²) in [5.41, 5.74) is 2.76. The molecule has 2 rings (SSSR count). The number of hydrogen-bond acceptors (Lipinski definition) is 2. The van der Waals surface area contributed by atoms with E-state index in [2.05, 4.69) is 22.0 Å². The van der Waals surface area contributed by atoms with Crippen LogP contribution in [0.5, 0.6) is 5.75 Å². The van der Waals surface area contributed by atoms with Crippen molar-refractivity contribution in [2.24, 2.45) is 0 Å². The summed E-state index contributed by atoms with van der Waals surface area (Å²) < 4.78 is 6.57. The summed E-state index contributed by atoms with van der Waals surface area (Å²) in [6.45, 7) is 2.42. The maximum atomic E-state index is 8.82. The van der Waals surface area contributed by atoms with Crippen LogP contribution in [0.3, 0.4) is 0 Å². The van der Waals surface area contributed by atoms with Crippen LogP contribution in [0.4, 0.5) is 0 Å².